The van der Waals surface area contributed by atoms with Crippen molar-refractivity contribution in [2.45, 2.75) is 26.7 Å². The molecule has 3 aliphatic rings. The number of carbonyl (C=O) groups excluding carboxylic acids is 3. The monoisotopic (exact) mass is 536 g/mol. The fourth-order valence-electron chi connectivity index (χ4n) is 7.66. The van der Waals surface area contributed by atoms with Crippen LogP contribution >= 0.6 is 0 Å². The van der Waals surface area contributed by atoms with Crippen LogP contribution in [0.1, 0.15) is 37.8 Å². The number of amides is 2. The average Bonchev–Trinajstić information content (AvgIpc) is 3.48. The number of hydrogen-bond donors (Lipinski definition) is 0. The van der Waals surface area contributed by atoms with Crippen LogP contribution in [0.2, 0.25) is 0 Å². The summed E-state index contributed by atoms with van der Waals surface area (Å²) in [6.07, 6.45) is 0.625. The van der Waals surface area contributed by atoms with E-state index in [1.54, 1.807) is 0 Å². The van der Waals surface area contributed by atoms with E-state index >= 15 is 0 Å². The summed E-state index contributed by atoms with van der Waals surface area (Å²) in [5, 5.41) is 12.1. The molecule has 2 aliphatic carbocycles. The minimum absolute atomic E-state index is 0.108. The molecule has 8 heteroatoms. The molecule has 2 fully saturated rings. The predicted octanol–water partition coefficient (Wildman–Crippen LogP) is 5.71. The Morgan fingerprint density at radius 2 is 1.27 bits per heavy atom. The molecule has 0 unspecified atom stereocenters. The fraction of sp³-hybridized carbons (Fsp3) is 0.281. The van der Waals surface area contributed by atoms with Gasteiger partial charge in [-0.15, -0.1) is 0 Å². The molecule has 2 amide bonds. The summed E-state index contributed by atoms with van der Waals surface area (Å²) in [6.45, 7) is 3.77. The van der Waals surface area contributed by atoms with Gasteiger partial charge < -0.3 is 4.74 Å². The molecule has 0 aromatic heterocycles. The lowest BCUT2D eigenvalue weighted by Gasteiger charge is -2.38. The third-order valence-electron chi connectivity index (χ3n) is 9.18. The topological polar surface area (TPSA) is 107 Å². The number of nitro benzene ring substituents is 1. The highest BCUT2D eigenvalue weighted by atomic mass is 16.6. The van der Waals surface area contributed by atoms with Gasteiger partial charge in [-0.1, -0.05) is 74.5 Å². The lowest BCUT2D eigenvalue weighted by atomic mass is 9.60. The summed E-state index contributed by atoms with van der Waals surface area (Å²) >= 11 is 0. The number of allylic oxidation sites excluding steroid dienone is 2. The number of ketones is 1. The van der Waals surface area contributed by atoms with Crippen LogP contribution in [0.25, 0.3) is 11.1 Å². The summed E-state index contributed by atoms with van der Waals surface area (Å²) < 4.78 is 5.16. The Hall–Kier alpha value is -4.59. The number of hydrogen-bond acceptors (Lipinski definition) is 6. The number of methoxy groups -OCH3 is 1. The van der Waals surface area contributed by atoms with Crippen molar-refractivity contribution in [1.82, 2.24) is 0 Å². The van der Waals surface area contributed by atoms with Crippen LogP contribution in [-0.2, 0) is 14.4 Å². The Kier molecular flexibility index (Phi) is 5.76. The van der Waals surface area contributed by atoms with E-state index in [2.05, 4.69) is 0 Å². The van der Waals surface area contributed by atoms with Gasteiger partial charge in [-0.2, -0.15) is 0 Å². The van der Waals surface area contributed by atoms with Gasteiger partial charge in [0.15, 0.2) is 5.78 Å². The van der Waals surface area contributed by atoms with Crippen LogP contribution in [0.15, 0.2) is 78.9 Å². The lowest BCUT2D eigenvalue weighted by Crippen LogP contribution is -2.42. The molecule has 8 nitrogen and oxygen atoms in total. The summed E-state index contributed by atoms with van der Waals surface area (Å²) in [6, 6.07) is 23.2. The number of carbonyl (C=O) groups is 3. The molecular weight excluding hydrogens is 508 g/mol. The van der Waals surface area contributed by atoms with Crippen molar-refractivity contribution >= 4 is 40.1 Å². The number of benzene rings is 3. The highest BCUT2D eigenvalue weighted by molar-refractivity contribution is 6.35. The van der Waals surface area contributed by atoms with Gasteiger partial charge in [0.05, 0.1) is 40.8 Å². The first-order chi connectivity index (χ1) is 19.3. The second-order valence-electron chi connectivity index (χ2n) is 10.5. The van der Waals surface area contributed by atoms with E-state index in [4.69, 9.17) is 4.74 Å². The van der Waals surface area contributed by atoms with E-state index < -0.39 is 45.1 Å². The Morgan fingerprint density at radius 1 is 0.800 bits per heavy atom. The summed E-state index contributed by atoms with van der Waals surface area (Å²) in [4.78, 5) is 55.9. The summed E-state index contributed by atoms with van der Waals surface area (Å²) in [7, 11) is 1.39. The maximum atomic E-state index is 14.8. The van der Waals surface area contributed by atoms with E-state index in [9.17, 15) is 24.5 Å². The third kappa shape index (κ3) is 2.99. The molecule has 4 atom stereocenters. The number of anilines is 1. The largest absolute Gasteiger partial charge is 0.496 e. The molecule has 1 heterocycles. The van der Waals surface area contributed by atoms with E-state index in [1.807, 2.05) is 74.5 Å². The number of nitrogens with zero attached hydrogens (tertiary/aromatic N) is 2. The Morgan fingerprint density at radius 3 is 1.68 bits per heavy atom. The fourth-order valence-corrected chi connectivity index (χ4v) is 7.66. The molecule has 3 aromatic rings. The standard InChI is InChI=1S/C32H28N2O6/c1-4-31-24(19-12-8-6-9-13-19)25(20-14-10-7-11-15-20)32(5-2,30(31)37)27-26(31)28(35)33(29(27)36)22-17-16-21(40-3)18-23(22)34(38)39/h6-18,26-27H,4-5H2,1-3H3/t26-,27-,31-,32+/m0/s1. The maximum absolute atomic E-state index is 14.8. The van der Waals surface area contributed by atoms with Crippen molar-refractivity contribution in [3.8, 4) is 5.75 Å². The minimum Gasteiger partial charge on any atom is -0.496 e. The minimum atomic E-state index is -1.25. The quantitative estimate of drug-likeness (QED) is 0.218. The van der Waals surface area contributed by atoms with E-state index in [-0.39, 0.29) is 17.2 Å². The third-order valence-corrected chi connectivity index (χ3v) is 9.18. The molecule has 6 rings (SSSR count). The molecule has 40 heavy (non-hydrogen) atoms. The van der Waals surface area contributed by atoms with Gasteiger partial charge in [0.25, 0.3) is 5.69 Å². The summed E-state index contributed by atoms with van der Waals surface area (Å²) in [5.41, 5.74) is 0.201. The molecule has 0 radical (unpaired) electrons. The van der Waals surface area contributed by atoms with Crippen molar-refractivity contribution in [3.63, 3.8) is 0 Å². The van der Waals surface area contributed by atoms with Crippen molar-refractivity contribution in [2.75, 3.05) is 12.0 Å². The van der Waals surface area contributed by atoms with Gasteiger partial charge in [-0.05, 0) is 47.2 Å². The first-order valence-electron chi connectivity index (χ1n) is 13.4. The summed E-state index contributed by atoms with van der Waals surface area (Å²) in [5.74, 6) is -2.96. The number of nitro groups is 1. The van der Waals surface area contributed by atoms with Crippen molar-refractivity contribution in [3.05, 3.63) is 100 Å². The molecular formula is C32H28N2O6. The lowest BCUT2D eigenvalue weighted by molar-refractivity contribution is -0.384. The Balaban J connectivity index is 1.65. The molecule has 202 valence electrons. The highest BCUT2D eigenvalue weighted by Gasteiger charge is 2.80. The van der Waals surface area contributed by atoms with Gasteiger partial charge in [0.2, 0.25) is 11.8 Å². The molecule has 2 bridgehead atoms. The zero-order valence-electron chi connectivity index (χ0n) is 22.4. The van der Waals surface area contributed by atoms with E-state index in [0.29, 0.717) is 12.8 Å². The predicted molar refractivity (Wildman–Crippen MR) is 149 cm³/mol. The zero-order chi connectivity index (χ0) is 28.4. The normalized spacial score (nSPS) is 27.0. The second-order valence-corrected chi connectivity index (χ2v) is 10.5. The number of ether oxygens (including phenoxy) is 1. The maximum Gasteiger partial charge on any atom is 0.297 e. The van der Waals surface area contributed by atoms with E-state index in [0.717, 1.165) is 27.2 Å². The second kappa shape index (κ2) is 8.98. The molecule has 0 N–H and O–H groups in total. The van der Waals surface area contributed by atoms with Crippen molar-refractivity contribution in [2.24, 2.45) is 22.7 Å². The number of rotatable bonds is 7. The number of imide groups is 1. The Bertz CT molecular complexity index is 1530. The van der Waals surface area contributed by atoms with Crippen LogP contribution in [0.3, 0.4) is 0 Å². The van der Waals surface area contributed by atoms with Crippen LogP contribution in [-0.4, -0.2) is 29.6 Å². The smallest absolute Gasteiger partial charge is 0.297 e. The van der Waals surface area contributed by atoms with Gasteiger partial charge in [-0.3, -0.25) is 24.5 Å². The van der Waals surface area contributed by atoms with Crippen LogP contribution in [0.4, 0.5) is 11.4 Å². The zero-order valence-corrected chi connectivity index (χ0v) is 22.4. The van der Waals surface area contributed by atoms with Gasteiger partial charge in [0.1, 0.15) is 11.4 Å². The molecule has 3 aromatic carbocycles. The number of fused-ring (bicyclic) bond motifs is 5. The molecule has 1 aliphatic heterocycles. The van der Waals surface area contributed by atoms with Gasteiger partial charge >= 0.3 is 0 Å². The molecule has 1 saturated carbocycles. The first kappa shape index (κ1) is 25.7. The van der Waals surface area contributed by atoms with Crippen molar-refractivity contribution in [1.29, 1.82) is 0 Å². The van der Waals surface area contributed by atoms with Crippen molar-refractivity contribution < 1.29 is 24.0 Å². The molecule has 1 saturated heterocycles. The van der Waals surface area contributed by atoms with Gasteiger partial charge in [0, 0.05) is 0 Å². The van der Waals surface area contributed by atoms with Crippen LogP contribution in [0, 0.1) is 32.8 Å². The Labute approximate surface area is 231 Å². The average molecular weight is 537 g/mol. The number of Topliss-reactive ketones (excluding diaryl/α,β-unsaturated/α-hetero) is 1. The van der Waals surface area contributed by atoms with Crippen LogP contribution in [0.5, 0.6) is 5.75 Å². The van der Waals surface area contributed by atoms with E-state index in [1.165, 1.54) is 25.3 Å². The SMILES string of the molecule is CC[C@]12C(=O)[C@](CC)(C(c3ccccc3)=C1c1ccccc1)[C@@H]1C(=O)N(c3ccc(OC)cc3[N+](=O)[O-])C(=O)[C@H]12. The first-order valence-corrected chi connectivity index (χ1v) is 13.4. The van der Waals surface area contributed by atoms with Gasteiger partial charge in [-0.25, -0.2) is 4.90 Å². The van der Waals surface area contributed by atoms with Crippen LogP contribution < -0.4 is 9.64 Å². The molecule has 0 spiro atoms. The highest BCUT2D eigenvalue weighted by Crippen LogP contribution is 2.75.